The molecule has 5 aromatic rings. The van der Waals surface area contributed by atoms with Gasteiger partial charge < -0.3 is 4.52 Å². The summed E-state index contributed by atoms with van der Waals surface area (Å²) < 4.78 is 36.2. The van der Waals surface area contributed by atoms with E-state index in [1.807, 2.05) is 0 Å². The van der Waals surface area contributed by atoms with E-state index in [1.165, 1.54) is 23.2 Å². The van der Waals surface area contributed by atoms with Crippen LogP contribution >= 0.6 is 0 Å². The topological polar surface area (TPSA) is 87.5 Å². The van der Waals surface area contributed by atoms with Crippen molar-refractivity contribution in [2.75, 3.05) is 0 Å². The smallest absolute Gasteiger partial charge is 0.193 e. The van der Waals surface area contributed by atoms with Crippen LogP contribution in [0.1, 0.15) is 5.56 Å². The Kier molecular flexibility index (Phi) is 4.36. The molecule has 0 spiro atoms. The molecule has 4 heterocycles. The van der Waals surface area contributed by atoms with Crippen LogP contribution < -0.4 is 0 Å². The zero-order chi connectivity index (χ0) is 20.5. The van der Waals surface area contributed by atoms with Gasteiger partial charge in [0.25, 0.3) is 0 Å². The Bertz CT molecular complexity index is 1300. The van der Waals surface area contributed by atoms with E-state index in [9.17, 15) is 8.78 Å². The Morgan fingerprint density at radius 2 is 1.90 bits per heavy atom. The Hall–Kier alpha value is -4.21. The molecule has 0 aliphatic carbocycles. The Morgan fingerprint density at radius 3 is 2.67 bits per heavy atom. The zero-order valence-corrected chi connectivity index (χ0v) is 15.4. The van der Waals surface area contributed by atoms with Gasteiger partial charge in [0.15, 0.2) is 17.5 Å². The fraction of sp³-hybridized carbons (Fsp3) is 0.0500. The molecule has 0 saturated carbocycles. The van der Waals surface area contributed by atoms with Gasteiger partial charge in [0.1, 0.15) is 23.5 Å². The van der Waals surface area contributed by atoms with Crippen molar-refractivity contribution in [3.05, 3.63) is 84.5 Å². The Balaban J connectivity index is 1.60. The number of rotatable bonds is 5. The average molecular weight is 405 g/mol. The zero-order valence-electron chi connectivity index (χ0n) is 15.4. The standard InChI is InChI=1S/C20H13F2N7O/c21-14-5-2-1-4-13(14)12-29-18(16-6-9-30-27-16)10-17(26-29)19-23-11-15(22)20(25-19)28-8-3-7-24-28/h1-11H,12H2. The van der Waals surface area contributed by atoms with Crippen LogP contribution in [0.25, 0.3) is 28.7 Å². The summed E-state index contributed by atoms with van der Waals surface area (Å²) >= 11 is 0. The van der Waals surface area contributed by atoms with Gasteiger partial charge in [0.2, 0.25) is 0 Å². The molecule has 0 aliphatic heterocycles. The Morgan fingerprint density at radius 1 is 1.00 bits per heavy atom. The number of hydrogen-bond acceptors (Lipinski definition) is 6. The van der Waals surface area contributed by atoms with Crippen LogP contribution in [-0.4, -0.2) is 34.7 Å². The van der Waals surface area contributed by atoms with E-state index < -0.39 is 5.82 Å². The molecule has 0 unspecified atom stereocenters. The first-order valence-electron chi connectivity index (χ1n) is 8.94. The van der Waals surface area contributed by atoms with E-state index >= 15 is 0 Å². The van der Waals surface area contributed by atoms with Gasteiger partial charge in [-0.2, -0.15) is 10.2 Å². The maximum Gasteiger partial charge on any atom is 0.193 e. The summed E-state index contributed by atoms with van der Waals surface area (Å²) in [5.41, 5.74) is 1.92. The first-order chi connectivity index (χ1) is 14.7. The summed E-state index contributed by atoms with van der Waals surface area (Å²) in [5.74, 6) is -0.778. The van der Waals surface area contributed by atoms with E-state index in [2.05, 4.69) is 25.3 Å². The summed E-state index contributed by atoms with van der Waals surface area (Å²) in [6.45, 7) is 0.155. The second-order valence-corrected chi connectivity index (χ2v) is 6.36. The quantitative estimate of drug-likeness (QED) is 0.445. The van der Waals surface area contributed by atoms with Gasteiger partial charge in [0, 0.05) is 24.0 Å². The first-order valence-corrected chi connectivity index (χ1v) is 8.94. The minimum atomic E-state index is -0.620. The Labute approximate surface area is 168 Å². The van der Waals surface area contributed by atoms with E-state index in [1.54, 1.807) is 47.3 Å². The number of halogens is 2. The van der Waals surface area contributed by atoms with Crippen LogP contribution in [-0.2, 0) is 6.54 Å². The van der Waals surface area contributed by atoms with Crippen molar-refractivity contribution in [3.63, 3.8) is 0 Å². The molecule has 148 valence electrons. The molecule has 0 saturated heterocycles. The van der Waals surface area contributed by atoms with Gasteiger partial charge in [-0.15, -0.1) is 0 Å². The second kappa shape index (κ2) is 7.32. The molecule has 0 amide bonds. The van der Waals surface area contributed by atoms with Crippen LogP contribution in [0.15, 0.2) is 71.8 Å². The molecule has 5 rings (SSSR count). The maximum absolute atomic E-state index is 14.2. The van der Waals surface area contributed by atoms with Crippen LogP contribution in [0.4, 0.5) is 8.78 Å². The van der Waals surface area contributed by atoms with Gasteiger partial charge in [-0.1, -0.05) is 23.4 Å². The summed E-state index contributed by atoms with van der Waals surface area (Å²) in [5, 5.41) is 12.5. The lowest BCUT2D eigenvalue weighted by Crippen LogP contribution is -2.07. The largest absolute Gasteiger partial charge is 0.364 e. The molecule has 8 nitrogen and oxygen atoms in total. The summed E-state index contributed by atoms with van der Waals surface area (Å²) in [6.07, 6.45) is 5.59. The van der Waals surface area contributed by atoms with E-state index in [0.29, 0.717) is 22.6 Å². The van der Waals surface area contributed by atoms with Gasteiger partial charge in [-0.05, 0) is 18.2 Å². The monoisotopic (exact) mass is 405 g/mol. The van der Waals surface area contributed by atoms with Crippen LogP contribution in [0, 0.1) is 11.6 Å². The highest BCUT2D eigenvalue weighted by Gasteiger charge is 2.18. The van der Waals surface area contributed by atoms with Gasteiger partial charge in [-0.3, -0.25) is 4.68 Å². The number of hydrogen-bond donors (Lipinski definition) is 0. The summed E-state index contributed by atoms with van der Waals surface area (Å²) in [6, 6.07) is 11.4. The highest BCUT2D eigenvalue weighted by molar-refractivity contribution is 5.62. The highest BCUT2D eigenvalue weighted by Crippen LogP contribution is 2.25. The predicted molar refractivity (Wildman–Crippen MR) is 101 cm³/mol. The van der Waals surface area contributed by atoms with Crippen molar-refractivity contribution in [2.45, 2.75) is 6.54 Å². The van der Waals surface area contributed by atoms with Gasteiger partial charge in [0.05, 0.1) is 18.4 Å². The average Bonchev–Trinajstić information content (AvgIpc) is 3.52. The summed E-state index contributed by atoms with van der Waals surface area (Å²) in [4.78, 5) is 8.32. The minimum absolute atomic E-state index is 0.00311. The molecule has 30 heavy (non-hydrogen) atoms. The van der Waals surface area contributed by atoms with Crippen molar-refractivity contribution < 1.29 is 13.3 Å². The van der Waals surface area contributed by atoms with Crippen LogP contribution in [0.2, 0.25) is 0 Å². The lowest BCUT2D eigenvalue weighted by Gasteiger charge is -2.06. The SMILES string of the molecule is Fc1ccccc1Cn1nc(-c2ncc(F)c(-n3cccn3)n2)cc1-c1ccon1. The molecule has 0 bridgehead atoms. The third-order valence-electron chi connectivity index (χ3n) is 4.43. The molecule has 0 atom stereocenters. The van der Waals surface area contributed by atoms with E-state index in [0.717, 1.165) is 6.20 Å². The number of benzene rings is 1. The highest BCUT2D eigenvalue weighted by atomic mass is 19.1. The van der Waals surface area contributed by atoms with Crippen LogP contribution in [0.5, 0.6) is 0 Å². The number of nitrogens with zero attached hydrogens (tertiary/aromatic N) is 7. The molecule has 0 fully saturated rings. The minimum Gasteiger partial charge on any atom is -0.364 e. The normalized spacial score (nSPS) is 11.1. The fourth-order valence-corrected chi connectivity index (χ4v) is 3.02. The van der Waals surface area contributed by atoms with Gasteiger partial charge >= 0.3 is 0 Å². The molecular weight excluding hydrogens is 392 g/mol. The summed E-state index contributed by atoms with van der Waals surface area (Å²) in [7, 11) is 0. The lowest BCUT2D eigenvalue weighted by molar-refractivity contribution is 0.421. The molecule has 0 N–H and O–H groups in total. The van der Waals surface area contributed by atoms with E-state index in [4.69, 9.17) is 4.52 Å². The van der Waals surface area contributed by atoms with Crippen LogP contribution in [0.3, 0.4) is 0 Å². The van der Waals surface area contributed by atoms with Crippen molar-refractivity contribution in [1.82, 2.24) is 34.7 Å². The van der Waals surface area contributed by atoms with Crippen molar-refractivity contribution in [3.8, 4) is 28.7 Å². The molecule has 1 aromatic carbocycles. The molecule has 4 aromatic heterocycles. The third-order valence-corrected chi connectivity index (χ3v) is 4.43. The number of aromatic nitrogens is 7. The molecule has 10 heteroatoms. The van der Waals surface area contributed by atoms with E-state index in [-0.39, 0.29) is 24.0 Å². The molecular formula is C20H13F2N7O. The predicted octanol–water partition coefficient (Wildman–Crippen LogP) is 3.51. The molecule has 0 aliphatic rings. The van der Waals surface area contributed by atoms with Crippen molar-refractivity contribution >= 4 is 0 Å². The second-order valence-electron chi connectivity index (χ2n) is 6.36. The third kappa shape index (κ3) is 3.24. The fourth-order valence-electron chi connectivity index (χ4n) is 3.02. The van der Waals surface area contributed by atoms with Crippen molar-refractivity contribution in [2.24, 2.45) is 0 Å². The van der Waals surface area contributed by atoms with Gasteiger partial charge in [-0.25, -0.2) is 23.4 Å². The lowest BCUT2D eigenvalue weighted by atomic mass is 10.2. The van der Waals surface area contributed by atoms with Crippen molar-refractivity contribution in [1.29, 1.82) is 0 Å². The maximum atomic E-state index is 14.2. The molecule has 0 radical (unpaired) electrons. The first kappa shape index (κ1) is 17.9.